The van der Waals surface area contributed by atoms with Crippen LogP contribution in [-0.4, -0.2) is 44.1 Å². The first-order valence-corrected chi connectivity index (χ1v) is 10.7. The Hall–Kier alpha value is -1.60. The van der Waals surface area contributed by atoms with Crippen molar-refractivity contribution in [1.82, 2.24) is 9.62 Å². The maximum Gasteiger partial charge on any atom is 0.407 e. The van der Waals surface area contributed by atoms with Gasteiger partial charge in [-0.1, -0.05) is 24.3 Å². The number of hydrogen-bond acceptors (Lipinski definition) is 4. The number of hydrogen-bond donors (Lipinski definition) is 1. The summed E-state index contributed by atoms with van der Waals surface area (Å²) in [5.74, 6) is 0.120. The average molecular weight is 383 g/mol. The predicted molar refractivity (Wildman–Crippen MR) is 102 cm³/mol. The molecule has 7 heteroatoms. The van der Waals surface area contributed by atoms with E-state index in [0.29, 0.717) is 19.6 Å². The van der Waals surface area contributed by atoms with Gasteiger partial charge in [0.15, 0.2) is 0 Å². The Labute approximate surface area is 157 Å². The lowest BCUT2D eigenvalue weighted by Gasteiger charge is -2.32. The molecule has 1 fully saturated rings. The third-order valence-electron chi connectivity index (χ3n) is 4.41. The van der Waals surface area contributed by atoms with Gasteiger partial charge in [-0.3, -0.25) is 0 Å². The molecule has 26 heavy (non-hydrogen) atoms. The molecule has 0 aromatic heterocycles. The zero-order valence-corrected chi connectivity index (χ0v) is 16.9. The topological polar surface area (TPSA) is 75.7 Å². The first kappa shape index (κ1) is 20.7. The number of piperidine rings is 1. The van der Waals surface area contributed by atoms with Crippen molar-refractivity contribution in [3.05, 3.63) is 35.4 Å². The highest BCUT2D eigenvalue weighted by Crippen LogP contribution is 2.22. The van der Waals surface area contributed by atoms with E-state index in [9.17, 15) is 13.2 Å². The summed E-state index contributed by atoms with van der Waals surface area (Å²) in [4.78, 5) is 11.8. The fourth-order valence-electron chi connectivity index (χ4n) is 3.05. The Bertz CT molecular complexity index is 725. The SMILES string of the molecule is Cc1ccccc1CS(=O)(=O)N1CCCC(CNC(=O)OC(C)(C)C)C1. The second kappa shape index (κ2) is 8.39. The highest BCUT2D eigenvalue weighted by Gasteiger charge is 2.29. The summed E-state index contributed by atoms with van der Waals surface area (Å²) in [6.45, 7) is 8.76. The summed E-state index contributed by atoms with van der Waals surface area (Å²) in [5.41, 5.74) is 1.28. The lowest BCUT2D eigenvalue weighted by molar-refractivity contribution is 0.0513. The molecule has 1 amide bonds. The Kier molecular flexibility index (Phi) is 6.69. The van der Waals surface area contributed by atoms with Crippen LogP contribution < -0.4 is 5.32 Å². The van der Waals surface area contributed by atoms with E-state index in [2.05, 4.69) is 5.32 Å². The molecule has 1 heterocycles. The van der Waals surface area contributed by atoms with E-state index in [1.54, 1.807) is 4.31 Å². The van der Waals surface area contributed by atoms with Crippen molar-refractivity contribution in [3.63, 3.8) is 0 Å². The number of ether oxygens (including phenoxy) is 1. The van der Waals surface area contributed by atoms with Crippen LogP contribution >= 0.6 is 0 Å². The lowest BCUT2D eigenvalue weighted by Crippen LogP contribution is -2.44. The van der Waals surface area contributed by atoms with Crippen molar-refractivity contribution in [2.24, 2.45) is 5.92 Å². The standard InChI is InChI=1S/C19H30N2O4S/c1-15-8-5-6-10-17(15)14-26(23,24)21-11-7-9-16(13-21)12-20-18(22)25-19(2,3)4/h5-6,8,10,16H,7,9,11-14H2,1-4H3,(H,20,22). The highest BCUT2D eigenvalue weighted by atomic mass is 32.2. The first-order valence-electron chi connectivity index (χ1n) is 9.06. The molecule has 1 atom stereocenters. The first-order chi connectivity index (χ1) is 12.1. The van der Waals surface area contributed by atoms with Gasteiger partial charge in [-0.15, -0.1) is 0 Å². The van der Waals surface area contributed by atoms with E-state index in [0.717, 1.165) is 24.0 Å². The number of nitrogens with zero attached hydrogens (tertiary/aromatic N) is 1. The van der Waals surface area contributed by atoms with Gasteiger partial charge < -0.3 is 10.1 Å². The minimum Gasteiger partial charge on any atom is -0.444 e. The monoisotopic (exact) mass is 382 g/mol. The van der Waals surface area contributed by atoms with Crippen molar-refractivity contribution in [2.45, 2.75) is 51.9 Å². The van der Waals surface area contributed by atoms with Crippen LogP contribution in [0.15, 0.2) is 24.3 Å². The molecule has 0 bridgehead atoms. The molecule has 0 saturated carbocycles. The van der Waals surface area contributed by atoms with Crippen LogP contribution in [0.25, 0.3) is 0 Å². The Morgan fingerprint density at radius 1 is 1.31 bits per heavy atom. The van der Waals surface area contributed by atoms with Crippen LogP contribution in [0.1, 0.15) is 44.7 Å². The van der Waals surface area contributed by atoms with E-state index in [1.165, 1.54) is 0 Å². The number of benzene rings is 1. The van der Waals surface area contributed by atoms with Crippen LogP contribution in [0, 0.1) is 12.8 Å². The van der Waals surface area contributed by atoms with Crippen LogP contribution in [0.5, 0.6) is 0 Å². The molecule has 1 aliphatic rings. The molecule has 1 aliphatic heterocycles. The van der Waals surface area contributed by atoms with E-state index >= 15 is 0 Å². The minimum atomic E-state index is -3.37. The van der Waals surface area contributed by atoms with Crippen molar-refractivity contribution < 1.29 is 17.9 Å². The van der Waals surface area contributed by atoms with Crippen molar-refractivity contribution in [1.29, 1.82) is 0 Å². The maximum absolute atomic E-state index is 12.8. The van der Waals surface area contributed by atoms with Crippen molar-refractivity contribution in [3.8, 4) is 0 Å². The third kappa shape index (κ3) is 6.29. The molecule has 1 saturated heterocycles. The summed E-state index contributed by atoms with van der Waals surface area (Å²) in [7, 11) is -3.37. The summed E-state index contributed by atoms with van der Waals surface area (Å²) in [6, 6.07) is 7.55. The smallest absolute Gasteiger partial charge is 0.407 e. The van der Waals surface area contributed by atoms with Gasteiger partial charge in [0.1, 0.15) is 5.60 Å². The van der Waals surface area contributed by atoms with Crippen LogP contribution in [0.2, 0.25) is 0 Å². The number of aryl methyl sites for hydroxylation is 1. The summed E-state index contributed by atoms with van der Waals surface area (Å²) in [6.07, 6.45) is 1.23. The molecule has 2 rings (SSSR count). The summed E-state index contributed by atoms with van der Waals surface area (Å²) >= 11 is 0. The van der Waals surface area contributed by atoms with Gasteiger partial charge in [-0.2, -0.15) is 0 Å². The summed E-state index contributed by atoms with van der Waals surface area (Å²) < 4.78 is 32.4. The van der Waals surface area contributed by atoms with E-state index in [-0.39, 0.29) is 11.7 Å². The zero-order valence-electron chi connectivity index (χ0n) is 16.1. The average Bonchev–Trinajstić information content (AvgIpc) is 2.54. The highest BCUT2D eigenvalue weighted by molar-refractivity contribution is 7.88. The molecular formula is C19H30N2O4S. The fraction of sp³-hybridized carbons (Fsp3) is 0.632. The van der Waals surface area contributed by atoms with E-state index < -0.39 is 21.7 Å². The Balaban J connectivity index is 1.92. The maximum atomic E-state index is 12.8. The molecule has 1 aromatic rings. The molecule has 1 unspecified atom stereocenters. The number of rotatable bonds is 5. The second-order valence-electron chi connectivity index (χ2n) is 7.93. The molecule has 0 radical (unpaired) electrons. The predicted octanol–water partition coefficient (Wildman–Crippen LogP) is 3.06. The van der Waals surface area contributed by atoms with Gasteiger partial charge in [-0.05, 0) is 57.6 Å². The quantitative estimate of drug-likeness (QED) is 0.849. The molecule has 0 aliphatic carbocycles. The van der Waals surface area contributed by atoms with Crippen molar-refractivity contribution >= 4 is 16.1 Å². The number of nitrogens with one attached hydrogen (secondary N) is 1. The van der Waals surface area contributed by atoms with Crippen molar-refractivity contribution in [2.75, 3.05) is 19.6 Å². The van der Waals surface area contributed by atoms with Gasteiger partial charge in [0.25, 0.3) is 0 Å². The van der Waals surface area contributed by atoms with Crippen LogP contribution in [0.4, 0.5) is 4.79 Å². The molecule has 1 aromatic carbocycles. The second-order valence-corrected chi connectivity index (χ2v) is 9.90. The largest absolute Gasteiger partial charge is 0.444 e. The third-order valence-corrected chi connectivity index (χ3v) is 6.20. The Morgan fingerprint density at radius 3 is 2.65 bits per heavy atom. The number of sulfonamides is 1. The zero-order chi connectivity index (χ0) is 19.4. The van der Waals surface area contributed by atoms with E-state index in [4.69, 9.17) is 4.74 Å². The molecule has 6 nitrogen and oxygen atoms in total. The normalized spacial score (nSPS) is 19.2. The van der Waals surface area contributed by atoms with Crippen LogP contribution in [-0.2, 0) is 20.5 Å². The molecule has 1 N–H and O–H groups in total. The lowest BCUT2D eigenvalue weighted by atomic mass is 10.00. The van der Waals surface area contributed by atoms with Gasteiger partial charge in [0, 0.05) is 19.6 Å². The van der Waals surface area contributed by atoms with Gasteiger partial charge >= 0.3 is 6.09 Å². The fourth-order valence-corrected chi connectivity index (χ4v) is 4.79. The van der Waals surface area contributed by atoms with Gasteiger partial charge in [0.05, 0.1) is 5.75 Å². The minimum absolute atomic E-state index is 0.0197. The van der Waals surface area contributed by atoms with Crippen LogP contribution in [0.3, 0.4) is 0 Å². The molecule has 146 valence electrons. The summed E-state index contributed by atoms with van der Waals surface area (Å²) in [5, 5.41) is 2.76. The van der Waals surface area contributed by atoms with E-state index in [1.807, 2.05) is 52.0 Å². The molecular weight excluding hydrogens is 352 g/mol. The number of carbonyl (C=O) groups excluding carboxylic acids is 1. The molecule has 0 spiro atoms. The number of amides is 1. The number of alkyl carbamates (subject to hydrolysis) is 1. The number of carbonyl (C=O) groups is 1. The Morgan fingerprint density at radius 2 is 2.00 bits per heavy atom. The van der Waals surface area contributed by atoms with Gasteiger partial charge in [-0.25, -0.2) is 17.5 Å². The van der Waals surface area contributed by atoms with Gasteiger partial charge in [0.2, 0.25) is 10.0 Å².